The summed E-state index contributed by atoms with van der Waals surface area (Å²) in [5, 5.41) is 42.4. The summed E-state index contributed by atoms with van der Waals surface area (Å²) >= 11 is 0. The van der Waals surface area contributed by atoms with Gasteiger partial charge in [0, 0.05) is 16.8 Å². The Morgan fingerprint density at radius 2 is 1.84 bits per heavy atom. The highest BCUT2D eigenvalue weighted by Crippen LogP contribution is 2.38. The summed E-state index contributed by atoms with van der Waals surface area (Å²) in [4.78, 5) is 0. The van der Waals surface area contributed by atoms with E-state index >= 15 is 0 Å². The van der Waals surface area contributed by atoms with Crippen molar-refractivity contribution < 1.29 is 5.21 Å². The van der Waals surface area contributed by atoms with Crippen molar-refractivity contribution in [3.05, 3.63) is 52.0 Å². The normalized spacial score (nSPS) is 16.0. The summed E-state index contributed by atoms with van der Waals surface area (Å²) in [6.45, 7) is 5.31. The number of fused-ring (bicyclic) bond motifs is 1. The third-order valence-electron chi connectivity index (χ3n) is 4.41. The molecule has 124 valence electrons. The van der Waals surface area contributed by atoms with Gasteiger partial charge in [0.1, 0.15) is 11.4 Å². The van der Waals surface area contributed by atoms with Crippen molar-refractivity contribution >= 4 is 16.6 Å². The Morgan fingerprint density at radius 1 is 1.20 bits per heavy atom. The number of nitrogens with zero attached hydrogens (tertiary/aromatic N) is 4. The Morgan fingerprint density at radius 3 is 2.40 bits per heavy atom. The number of benzene rings is 1. The van der Waals surface area contributed by atoms with E-state index in [1.54, 1.807) is 6.92 Å². The van der Waals surface area contributed by atoms with Crippen LogP contribution in [0.1, 0.15) is 37.9 Å². The maximum Gasteiger partial charge on any atom is 0.117 e. The first kappa shape index (κ1) is 16.3. The van der Waals surface area contributed by atoms with Crippen molar-refractivity contribution in [3.63, 3.8) is 0 Å². The Kier molecular flexibility index (Phi) is 4.00. The van der Waals surface area contributed by atoms with E-state index in [1.165, 1.54) is 0 Å². The fourth-order valence-corrected chi connectivity index (χ4v) is 3.16. The van der Waals surface area contributed by atoms with Crippen LogP contribution in [0.3, 0.4) is 0 Å². The van der Waals surface area contributed by atoms with Gasteiger partial charge in [-0.3, -0.25) is 5.10 Å². The Balaban J connectivity index is 2.25. The molecule has 25 heavy (non-hydrogen) atoms. The number of allylic oxidation sites excluding steroid dienone is 4. The molecule has 3 rings (SSSR count). The SMILES string of the molecule is CC(=NO)c1n[nH]c2ccc(C3C(C#N)=C(C)NC(C)=C3C#N)cc12. The molecule has 0 bridgehead atoms. The number of nitriles is 2. The number of aromatic amines is 1. The molecule has 2 aromatic rings. The van der Waals surface area contributed by atoms with Gasteiger partial charge in [0.25, 0.3) is 0 Å². The van der Waals surface area contributed by atoms with Crippen molar-refractivity contribution in [1.82, 2.24) is 15.5 Å². The lowest BCUT2D eigenvalue weighted by atomic mass is 9.81. The van der Waals surface area contributed by atoms with E-state index in [2.05, 4.69) is 32.8 Å². The predicted octanol–water partition coefficient (Wildman–Crippen LogP) is 3.04. The monoisotopic (exact) mass is 332 g/mol. The van der Waals surface area contributed by atoms with Crippen LogP contribution in [0.4, 0.5) is 0 Å². The molecule has 7 nitrogen and oxygen atoms in total. The third-order valence-corrected chi connectivity index (χ3v) is 4.41. The van der Waals surface area contributed by atoms with Crippen LogP contribution < -0.4 is 5.32 Å². The Labute approximate surface area is 144 Å². The molecule has 0 unspecified atom stereocenters. The second-order valence-electron chi connectivity index (χ2n) is 5.92. The molecule has 1 aromatic heterocycles. The molecule has 1 aliphatic rings. The van der Waals surface area contributed by atoms with Gasteiger partial charge in [0.05, 0.1) is 34.7 Å². The molecule has 0 saturated carbocycles. The van der Waals surface area contributed by atoms with Gasteiger partial charge in [-0.2, -0.15) is 15.6 Å². The molecule has 0 spiro atoms. The average molecular weight is 332 g/mol. The molecular weight excluding hydrogens is 316 g/mol. The molecule has 3 N–H and O–H groups in total. The van der Waals surface area contributed by atoms with Crippen LogP contribution in [0.5, 0.6) is 0 Å². The summed E-state index contributed by atoms with van der Waals surface area (Å²) in [5.41, 5.74) is 5.02. The minimum atomic E-state index is -0.435. The number of H-pyrrole nitrogens is 1. The van der Waals surface area contributed by atoms with Crippen LogP contribution in [0.25, 0.3) is 10.9 Å². The van der Waals surface area contributed by atoms with E-state index < -0.39 is 5.92 Å². The van der Waals surface area contributed by atoms with Gasteiger partial charge in [0.2, 0.25) is 0 Å². The number of oxime groups is 1. The van der Waals surface area contributed by atoms with E-state index in [-0.39, 0.29) is 0 Å². The molecule has 0 amide bonds. The van der Waals surface area contributed by atoms with Crippen LogP contribution in [0, 0.1) is 22.7 Å². The van der Waals surface area contributed by atoms with Gasteiger partial charge < -0.3 is 10.5 Å². The summed E-state index contributed by atoms with van der Waals surface area (Å²) in [6, 6.07) is 10.1. The smallest absolute Gasteiger partial charge is 0.117 e. The van der Waals surface area contributed by atoms with Crippen molar-refractivity contribution in [2.45, 2.75) is 26.7 Å². The summed E-state index contributed by atoms with van der Waals surface area (Å²) in [6.07, 6.45) is 0. The molecule has 0 aliphatic carbocycles. The number of hydrogen-bond acceptors (Lipinski definition) is 6. The standard InChI is InChI=1S/C18H16N6O/c1-9-14(7-19)17(15(8-20)10(2)21-9)12-4-5-16-13(6-12)18(23-22-16)11(3)24-25/h4-6,17,21,25H,1-3H3,(H,22,23). The van der Waals surface area contributed by atoms with E-state index in [4.69, 9.17) is 5.21 Å². The van der Waals surface area contributed by atoms with Crippen LogP contribution in [0.2, 0.25) is 0 Å². The van der Waals surface area contributed by atoms with Gasteiger partial charge in [-0.15, -0.1) is 0 Å². The van der Waals surface area contributed by atoms with Crippen molar-refractivity contribution in [1.29, 1.82) is 10.5 Å². The molecule has 0 saturated heterocycles. The topological polar surface area (TPSA) is 121 Å². The zero-order chi connectivity index (χ0) is 18.1. The fraction of sp³-hybridized carbons (Fsp3) is 0.222. The predicted molar refractivity (Wildman–Crippen MR) is 92.6 cm³/mol. The van der Waals surface area contributed by atoms with Gasteiger partial charge in [-0.1, -0.05) is 11.2 Å². The zero-order valence-corrected chi connectivity index (χ0v) is 14.0. The average Bonchev–Trinajstić information content (AvgIpc) is 3.03. The van der Waals surface area contributed by atoms with Crippen molar-refractivity contribution in [2.75, 3.05) is 0 Å². The second kappa shape index (κ2) is 6.14. The van der Waals surface area contributed by atoms with Crippen molar-refractivity contribution in [2.24, 2.45) is 5.16 Å². The highest BCUT2D eigenvalue weighted by atomic mass is 16.4. The zero-order valence-electron chi connectivity index (χ0n) is 14.0. The molecule has 1 aromatic carbocycles. The first-order valence-corrected chi connectivity index (χ1v) is 7.67. The number of hydrogen-bond donors (Lipinski definition) is 3. The van der Waals surface area contributed by atoms with E-state index in [1.807, 2.05) is 32.0 Å². The van der Waals surface area contributed by atoms with Crippen LogP contribution >= 0.6 is 0 Å². The molecule has 2 heterocycles. The van der Waals surface area contributed by atoms with Crippen LogP contribution in [-0.4, -0.2) is 21.1 Å². The second-order valence-corrected chi connectivity index (χ2v) is 5.92. The number of aromatic nitrogens is 2. The largest absolute Gasteiger partial charge is 0.411 e. The number of nitrogens with one attached hydrogen (secondary N) is 2. The minimum absolute atomic E-state index is 0.383. The lowest BCUT2D eigenvalue weighted by Crippen LogP contribution is -2.23. The van der Waals surface area contributed by atoms with Gasteiger partial charge in [-0.05, 0) is 38.5 Å². The van der Waals surface area contributed by atoms with E-state index in [9.17, 15) is 10.5 Å². The number of dihydropyridines is 1. The van der Waals surface area contributed by atoms with Gasteiger partial charge in [-0.25, -0.2) is 0 Å². The minimum Gasteiger partial charge on any atom is -0.411 e. The Hall–Kier alpha value is -3.58. The number of rotatable bonds is 2. The summed E-state index contributed by atoms with van der Waals surface area (Å²) < 4.78 is 0. The molecule has 0 fully saturated rings. The lowest BCUT2D eigenvalue weighted by Gasteiger charge is -2.26. The third kappa shape index (κ3) is 2.52. The molecule has 0 atom stereocenters. The van der Waals surface area contributed by atoms with Gasteiger partial charge >= 0.3 is 0 Å². The first-order valence-electron chi connectivity index (χ1n) is 7.67. The van der Waals surface area contributed by atoms with Gasteiger partial charge in [0.15, 0.2) is 0 Å². The first-order chi connectivity index (χ1) is 12.0. The maximum absolute atomic E-state index is 9.60. The molecule has 1 aliphatic heterocycles. The highest BCUT2D eigenvalue weighted by molar-refractivity contribution is 6.07. The van der Waals surface area contributed by atoms with E-state index in [0.717, 1.165) is 27.9 Å². The van der Waals surface area contributed by atoms with Crippen LogP contribution in [0.15, 0.2) is 45.9 Å². The molecule has 7 heteroatoms. The highest BCUT2D eigenvalue weighted by Gasteiger charge is 2.29. The van der Waals surface area contributed by atoms with E-state index in [0.29, 0.717) is 22.6 Å². The maximum atomic E-state index is 9.60. The summed E-state index contributed by atoms with van der Waals surface area (Å²) in [7, 11) is 0. The fourth-order valence-electron chi connectivity index (χ4n) is 3.16. The Bertz CT molecular complexity index is 1010. The lowest BCUT2D eigenvalue weighted by molar-refractivity contribution is 0.319. The van der Waals surface area contributed by atoms with Crippen molar-refractivity contribution in [3.8, 4) is 12.1 Å². The quantitative estimate of drug-likeness (QED) is 0.443. The van der Waals surface area contributed by atoms with Crippen LogP contribution in [-0.2, 0) is 0 Å². The molecule has 0 radical (unpaired) electrons. The summed E-state index contributed by atoms with van der Waals surface area (Å²) in [5.74, 6) is -0.435. The molecular formula is C18H16N6O.